The molecule has 0 aromatic heterocycles. The molecule has 2 aromatic carbocycles. The molecule has 2 heterocycles. The predicted molar refractivity (Wildman–Crippen MR) is 159 cm³/mol. The van der Waals surface area contributed by atoms with Crippen molar-refractivity contribution in [2.75, 3.05) is 31.1 Å². The summed E-state index contributed by atoms with van der Waals surface area (Å²) in [6, 6.07) is 15.3. The van der Waals surface area contributed by atoms with Crippen molar-refractivity contribution in [3.8, 4) is 0 Å². The topological polar surface area (TPSA) is 71.8 Å². The van der Waals surface area contributed by atoms with Crippen LogP contribution >= 0.6 is 16.1 Å². The van der Waals surface area contributed by atoms with Gasteiger partial charge in [-0.05, 0) is 55.7 Å². The molecule has 0 saturated carbocycles. The van der Waals surface area contributed by atoms with E-state index in [2.05, 4.69) is 57.3 Å². The van der Waals surface area contributed by atoms with E-state index < -0.39 is 0 Å². The van der Waals surface area contributed by atoms with Crippen LogP contribution in [0.15, 0.2) is 71.2 Å². The minimum atomic E-state index is -0.341. The summed E-state index contributed by atoms with van der Waals surface area (Å²) in [7, 11) is 0. The van der Waals surface area contributed by atoms with Crippen molar-refractivity contribution >= 4 is 39.3 Å². The van der Waals surface area contributed by atoms with E-state index in [1.165, 1.54) is 49.1 Å². The number of fused-ring (bicyclic) bond motifs is 1. The number of rotatable bonds is 15. The van der Waals surface area contributed by atoms with Gasteiger partial charge in [-0.15, -0.1) is 5.11 Å². The first-order valence-corrected chi connectivity index (χ1v) is 14.8. The van der Waals surface area contributed by atoms with Gasteiger partial charge >= 0.3 is 0 Å². The smallest absolute Gasteiger partial charge is 0.261 e. The Bertz CT molecular complexity index is 1120. The zero-order valence-corrected chi connectivity index (χ0v) is 24.6. The number of carbonyl (C=O) groups is 2. The van der Waals surface area contributed by atoms with Gasteiger partial charge in [0.1, 0.15) is 0 Å². The Kier molecular flexibility index (Phi) is 10.5. The Morgan fingerprint density at radius 3 is 2.00 bits per heavy atom. The Morgan fingerprint density at radius 2 is 1.41 bits per heavy atom. The second-order valence-electron chi connectivity index (χ2n) is 10.0. The van der Waals surface area contributed by atoms with Gasteiger partial charge in [-0.25, -0.2) is 0 Å². The molecule has 9 heteroatoms. The SMILES string of the molecule is CCCCCN(CCCCC)c1ccc(/N=N/C2N(Br)C=CN2CCCN2C(=O)c3ccccc3C2=O)cc1. The van der Waals surface area contributed by atoms with Crippen molar-refractivity contribution in [3.63, 3.8) is 0 Å². The second kappa shape index (κ2) is 14.3. The summed E-state index contributed by atoms with van der Waals surface area (Å²) in [6.45, 7) is 7.63. The predicted octanol–water partition coefficient (Wildman–Crippen LogP) is 7.33. The van der Waals surface area contributed by atoms with Crippen LogP contribution in [0.2, 0.25) is 0 Å². The van der Waals surface area contributed by atoms with Crippen LogP contribution in [-0.4, -0.2) is 58.0 Å². The molecule has 1 unspecified atom stereocenters. The second-order valence-corrected chi connectivity index (χ2v) is 10.8. The number of halogens is 1. The highest BCUT2D eigenvalue weighted by molar-refractivity contribution is 9.07. The molecule has 0 saturated heterocycles. The highest BCUT2D eigenvalue weighted by Gasteiger charge is 2.35. The molecule has 2 amide bonds. The summed E-state index contributed by atoms with van der Waals surface area (Å²) in [5.74, 6) is -0.438. The van der Waals surface area contributed by atoms with Gasteiger partial charge in [-0.1, -0.05) is 51.7 Å². The van der Waals surface area contributed by atoms with Crippen LogP contribution in [0.5, 0.6) is 0 Å². The molecule has 0 bridgehead atoms. The van der Waals surface area contributed by atoms with Gasteiger partial charge in [-0.3, -0.25) is 18.4 Å². The Balaban J connectivity index is 1.31. The third kappa shape index (κ3) is 7.26. The highest BCUT2D eigenvalue weighted by atomic mass is 79.9. The average molecular weight is 596 g/mol. The minimum Gasteiger partial charge on any atom is -0.372 e. The molecular formula is C30H39BrN6O2. The molecule has 1 atom stereocenters. The molecule has 208 valence electrons. The highest BCUT2D eigenvalue weighted by Crippen LogP contribution is 2.26. The van der Waals surface area contributed by atoms with E-state index in [0.29, 0.717) is 30.6 Å². The molecule has 0 aliphatic carbocycles. The third-order valence-electron chi connectivity index (χ3n) is 7.15. The van der Waals surface area contributed by atoms with Gasteiger partial charge in [0.15, 0.2) is 0 Å². The molecule has 4 rings (SSSR count). The van der Waals surface area contributed by atoms with Gasteiger partial charge in [0.2, 0.25) is 6.29 Å². The fourth-order valence-electron chi connectivity index (χ4n) is 4.93. The molecule has 0 spiro atoms. The number of hydrogen-bond donors (Lipinski definition) is 0. The first-order valence-electron chi connectivity index (χ1n) is 14.1. The van der Waals surface area contributed by atoms with Crippen molar-refractivity contribution in [2.45, 2.75) is 65.1 Å². The number of imide groups is 1. The van der Waals surface area contributed by atoms with E-state index >= 15 is 0 Å². The van der Waals surface area contributed by atoms with Crippen molar-refractivity contribution in [3.05, 3.63) is 72.1 Å². The zero-order valence-electron chi connectivity index (χ0n) is 23.0. The van der Waals surface area contributed by atoms with E-state index in [1.807, 2.05) is 33.4 Å². The Hall–Kier alpha value is -3.20. The summed E-state index contributed by atoms with van der Waals surface area (Å²) in [5, 5.41) is 9.08. The van der Waals surface area contributed by atoms with E-state index in [-0.39, 0.29) is 18.1 Å². The van der Waals surface area contributed by atoms with Crippen LogP contribution in [0.4, 0.5) is 11.4 Å². The first kappa shape index (κ1) is 28.8. The van der Waals surface area contributed by atoms with Gasteiger partial charge in [0.05, 0.1) is 33.0 Å². The normalized spacial score (nSPS) is 16.7. The average Bonchev–Trinajstić information content (AvgIpc) is 3.43. The standard InChI is InChI=1S/C30H39BrN6O2/c1-3-5-9-18-34(19-10-6-4-2)25-16-14-24(15-17-25)32-33-30-35(22-23-37(30)31)20-11-21-36-28(38)26-12-7-8-13-27(26)29(36)39/h7-8,12-17,22-23,30H,3-6,9-11,18-21H2,1-2H3/b33-32+. The van der Waals surface area contributed by atoms with E-state index in [0.717, 1.165) is 18.8 Å². The van der Waals surface area contributed by atoms with Crippen LogP contribution in [0.1, 0.15) is 79.5 Å². The fourth-order valence-corrected chi connectivity index (χ4v) is 5.35. The number of azo groups is 1. The Labute approximate surface area is 240 Å². The molecule has 8 nitrogen and oxygen atoms in total. The van der Waals surface area contributed by atoms with E-state index in [9.17, 15) is 9.59 Å². The molecule has 0 radical (unpaired) electrons. The third-order valence-corrected chi connectivity index (χ3v) is 7.75. The summed E-state index contributed by atoms with van der Waals surface area (Å²) >= 11 is 3.53. The molecule has 2 aliphatic heterocycles. The maximum absolute atomic E-state index is 12.6. The number of benzene rings is 2. The van der Waals surface area contributed by atoms with Gasteiger partial charge in [-0.2, -0.15) is 5.11 Å². The largest absolute Gasteiger partial charge is 0.372 e. The van der Waals surface area contributed by atoms with Crippen molar-refractivity contribution < 1.29 is 9.59 Å². The van der Waals surface area contributed by atoms with E-state index in [1.54, 1.807) is 24.3 Å². The molecule has 2 aliphatic rings. The molecule has 2 aromatic rings. The lowest BCUT2D eigenvalue weighted by Gasteiger charge is -2.25. The number of hydrogen-bond acceptors (Lipinski definition) is 7. The van der Waals surface area contributed by atoms with Gasteiger partial charge in [0, 0.05) is 44.3 Å². The summed E-state index contributed by atoms with van der Waals surface area (Å²) in [4.78, 5) is 31.1. The molecule has 39 heavy (non-hydrogen) atoms. The molecule has 0 N–H and O–H groups in total. The van der Waals surface area contributed by atoms with Crippen LogP contribution < -0.4 is 4.90 Å². The van der Waals surface area contributed by atoms with Crippen LogP contribution in [0, 0.1) is 0 Å². The van der Waals surface area contributed by atoms with E-state index in [4.69, 9.17) is 0 Å². The quantitative estimate of drug-likeness (QED) is 0.0934. The Morgan fingerprint density at radius 1 is 0.795 bits per heavy atom. The lowest BCUT2D eigenvalue weighted by atomic mass is 10.1. The van der Waals surface area contributed by atoms with Gasteiger partial charge < -0.3 is 9.80 Å². The fraction of sp³-hybridized carbons (Fsp3) is 0.467. The van der Waals surface area contributed by atoms with Crippen molar-refractivity contribution in [1.29, 1.82) is 0 Å². The number of anilines is 1. The van der Waals surface area contributed by atoms with Crippen LogP contribution in [0.3, 0.4) is 0 Å². The number of carbonyl (C=O) groups excluding carboxylic acids is 2. The monoisotopic (exact) mass is 594 g/mol. The minimum absolute atomic E-state index is 0.219. The maximum Gasteiger partial charge on any atom is 0.261 e. The number of amides is 2. The van der Waals surface area contributed by atoms with Crippen LogP contribution in [-0.2, 0) is 0 Å². The van der Waals surface area contributed by atoms with Crippen molar-refractivity contribution in [1.82, 2.24) is 13.7 Å². The maximum atomic E-state index is 12.6. The number of nitrogens with zero attached hydrogens (tertiary/aromatic N) is 6. The lowest BCUT2D eigenvalue weighted by molar-refractivity contribution is 0.0647. The summed E-state index contributed by atoms with van der Waals surface area (Å²) < 4.78 is 1.82. The number of unbranched alkanes of at least 4 members (excludes halogenated alkanes) is 4. The molecular weight excluding hydrogens is 556 g/mol. The van der Waals surface area contributed by atoms with Crippen LogP contribution in [0.25, 0.3) is 0 Å². The molecule has 0 fully saturated rings. The van der Waals surface area contributed by atoms with Crippen molar-refractivity contribution in [2.24, 2.45) is 10.2 Å². The zero-order chi connectivity index (χ0) is 27.6. The lowest BCUT2D eigenvalue weighted by Crippen LogP contribution is -2.36. The first-order chi connectivity index (χ1) is 19.0. The summed E-state index contributed by atoms with van der Waals surface area (Å²) in [5.41, 5.74) is 3.01. The summed E-state index contributed by atoms with van der Waals surface area (Å²) in [6.07, 6.45) is 11.5. The van der Waals surface area contributed by atoms with Gasteiger partial charge in [0.25, 0.3) is 11.8 Å².